The van der Waals surface area contributed by atoms with Crippen LogP contribution in [0.2, 0.25) is 0 Å². The average molecular weight is 569 g/mol. The Hall–Kier alpha value is -4.73. The Morgan fingerprint density at radius 3 is 2.60 bits per heavy atom. The van der Waals surface area contributed by atoms with Gasteiger partial charge in [0.15, 0.2) is 0 Å². The van der Waals surface area contributed by atoms with Crippen LogP contribution >= 0.6 is 0 Å². The zero-order valence-corrected chi connectivity index (χ0v) is 23.2. The van der Waals surface area contributed by atoms with Gasteiger partial charge in [-0.2, -0.15) is 0 Å². The normalized spacial score (nSPS) is 16.0. The molecule has 6 rings (SSSR count). The molecule has 2 fully saturated rings. The van der Waals surface area contributed by atoms with Gasteiger partial charge in [-0.05, 0) is 67.5 Å². The maximum absolute atomic E-state index is 15.3. The first-order valence-corrected chi connectivity index (χ1v) is 14.4. The van der Waals surface area contributed by atoms with Gasteiger partial charge < -0.3 is 25.3 Å². The van der Waals surface area contributed by atoms with Crippen LogP contribution in [0.1, 0.15) is 50.0 Å². The standard InChI is InChI=1S/C32H33FN6O3/c1-2-28(40)39-14-12-20(13-15-39)25-18-34-30-29(25)31(36-19-35-30)38-27-11-10-24(17-26(27)33)42-23-9-5-8-22(16-23)37-32(41)21-6-3-4-7-21/h2,5,8-11,16-21H,1,3-4,6-7,12-15H2,(H,37,41)(H2,34,35,36,38). The molecule has 10 heteroatoms. The molecule has 0 unspecified atom stereocenters. The highest BCUT2D eigenvalue weighted by atomic mass is 19.1. The maximum Gasteiger partial charge on any atom is 0.245 e. The number of amides is 2. The Bertz CT molecular complexity index is 1620. The highest BCUT2D eigenvalue weighted by Crippen LogP contribution is 2.37. The van der Waals surface area contributed by atoms with E-state index in [2.05, 4.69) is 32.2 Å². The lowest BCUT2D eigenvalue weighted by Gasteiger charge is -2.31. The highest BCUT2D eigenvalue weighted by molar-refractivity contribution is 5.93. The molecular weight excluding hydrogens is 535 g/mol. The molecule has 3 heterocycles. The number of nitrogens with zero attached hydrogens (tertiary/aromatic N) is 3. The number of carbonyl (C=O) groups excluding carboxylic acids is 2. The van der Waals surface area contributed by atoms with Crippen molar-refractivity contribution in [1.82, 2.24) is 19.9 Å². The molecule has 0 radical (unpaired) electrons. The molecular formula is C32H33FN6O3. The van der Waals surface area contributed by atoms with E-state index in [1.807, 2.05) is 12.3 Å². The number of hydrogen-bond donors (Lipinski definition) is 3. The van der Waals surface area contributed by atoms with Crippen molar-refractivity contribution in [2.45, 2.75) is 44.4 Å². The van der Waals surface area contributed by atoms with Crippen molar-refractivity contribution in [1.29, 1.82) is 0 Å². The molecule has 4 aromatic rings. The van der Waals surface area contributed by atoms with Crippen molar-refractivity contribution < 1.29 is 18.7 Å². The number of likely N-dealkylation sites (tertiary alicyclic amines) is 1. The van der Waals surface area contributed by atoms with Gasteiger partial charge in [0.1, 0.15) is 35.1 Å². The SMILES string of the molecule is C=CC(=O)N1CCC(c2c[nH]c3ncnc(Nc4ccc(Oc5cccc(NC(=O)C6CCCC6)c5)cc4F)c23)CC1. The van der Waals surface area contributed by atoms with Gasteiger partial charge in [-0.15, -0.1) is 0 Å². The fraction of sp³-hybridized carbons (Fsp3) is 0.312. The molecule has 2 aromatic carbocycles. The van der Waals surface area contributed by atoms with Crippen molar-refractivity contribution in [3.8, 4) is 11.5 Å². The van der Waals surface area contributed by atoms with Crippen LogP contribution in [0.25, 0.3) is 11.0 Å². The number of piperidine rings is 1. The zero-order chi connectivity index (χ0) is 29.1. The number of rotatable bonds is 8. The van der Waals surface area contributed by atoms with Crippen LogP contribution < -0.4 is 15.4 Å². The van der Waals surface area contributed by atoms with Crippen LogP contribution in [-0.4, -0.2) is 44.8 Å². The largest absolute Gasteiger partial charge is 0.457 e. The predicted molar refractivity (Wildman–Crippen MR) is 159 cm³/mol. The summed E-state index contributed by atoms with van der Waals surface area (Å²) in [6, 6.07) is 11.7. The van der Waals surface area contributed by atoms with Gasteiger partial charge in [-0.25, -0.2) is 14.4 Å². The minimum absolute atomic E-state index is 0.0313. The Labute approximate surface area is 243 Å². The van der Waals surface area contributed by atoms with E-state index in [4.69, 9.17) is 4.74 Å². The van der Waals surface area contributed by atoms with Crippen LogP contribution in [-0.2, 0) is 9.59 Å². The third-order valence-corrected chi connectivity index (χ3v) is 8.18. The van der Waals surface area contributed by atoms with Gasteiger partial charge in [0.25, 0.3) is 0 Å². The summed E-state index contributed by atoms with van der Waals surface area (Å²) < 4.78 is 21.2. The molecule has 0 atom stereocenters. The first kappa shape index (κ1) is 27.4. The molecule has 1 saturated heterocycles. The minimum atomic E-state index is -0.502. The second kappa shape index (κ2) is 12.0. The number of carbonyl (C=O) groups is 2. The fourth-order valence-electron chi connectivity index (χ4n) is 5.94. The topological polar surface area (TPSA) is 112 Å². The molecule has 0 bridgehead atoms. The Morgan fingerprint density at radius 2 is 1.83 bits per heavy atom. The quantitative estimate of drug-likeness (QED) is 0.205. The van der Waals surface area contributed by atoms with Crippen molar-refractivity contribution in [2.24, 2.45) is 5.92 Å². The summed E-state index contributed by atoms with van der Waals surface area (Å²) >= 11 is 0. The van der Waals surface area contributed by atoms with Gasteiger partial charge >= 0.3 is 0 Å². The lowest BCUT2D eigenvalue weighted by Crippen LogP contribution is -2.36. The average Bonchev–Trinajstić information content (AvgIpc) is 3.70. The minimum Gasteiger partial charge on any atom is -0.457 e. The second-order valence-corrected chi connectivity index (χ2v) is 10.9. The predicted octanol–water partition coefficient (Wildman–Crippen LogP) is 6.65. The summed E-state index contributed by atoms with van der Waals surface area (Å²) in [5.74, 6) is 1.06. The van der Waals surface area contributed by atoms with Gasteiger partial charge in [0, 0.05) is 43.0 Å². The molecule has 2 aromatic heterocycles. The fourth-order valence-corrected chi connectivity index (χ4v) is 5.94. The van der Waals surface area contributed by atoms with Gasteiger partial charge in [-0.1, -0.05) is 25.5 Å². The maximum atomic E-state index is 15.3. The number of hydrogen-bond acceptors (Lipinski definition) is 6. The van der Waals surface area contributed by atoms with E-state index in [9.17, 15) is 9.59 Å². The molecule has 0 spiro atoms. The Balaban J connectivity index is 1.16. The third-order valence-electron chi connectivity index (χ3n) is 8.18. The lowest BCUT2D eigenvalue weighted by atomic mass is 9.89. The number of H-pyrrole nitrogens is 1. The summed E-state index contributed by atoms with van der Waals surface area (Å²) in [5.41, 5.74) is 2.60. The number of nitrogens with one attached hydrogen (secondary N) is 3. The van der Waals surface area contributed by atoms with E-state index in [1.54, 1.807) is 35.2 Å². The molecule has 9 nitrogen and oxygen atoms in total. The summed E-state index contributed by atoms with van der Waals surface area (Å²) in [4.78, 5) is 38.3. The third kappa shape index (κ3) is 5.83. The first-order chi connectivity index (χ1) is 20.5. The van der Waals surface area contributed by atoms with E-state index in [-0.39, 0.29) is 29.3 Å². The molecule has 216 valence electrons. The van der Waals surface area contributed by atoms with Crippen LogP contribution in [0.5, 0.6) is 11.5 Å². The van der Waals surface area contributed by atoms with E-state index in [0.717, 1.165) is 49.5 Å². The van der Waals surface area contributed by atoms with E-state index >= 15 is 4.39 Å². The van der Waals surface area contributed by atoms with Crippen LogP contribution in [0.4, 0.5) is 21.6 Å². The van der Waals surface area contributed by atoms with Crippen molar-refractivity contribution in [3.63, 3.8) is 0 Å². The van der Waals surface area contributed by atoms with Crippen molar-refractivity contribution in [2.75, 3.05) is 23.7 Å². The second-order valence-electron chi connectivity index (χ2n) is 10.9. The monoisotopic (exact) mass is 568 g/mol. The summed E-state index contributed by atoms with van der Waals surface area (Å²) in [6.07, 6.45) is 10.3. The zero-order valence-electron chi connectivity index (χ0n) is 23.2. The summed E-state index contributed by atoms with van der Waals surface area (Å²) in [7, 11) is 0. The van der Waals surface area contributed by atoms with Crippen molar-refractivity contribution in [3.05, 3.63) is 79.0 Å². The van der Waals surface area contributed by atoms with Crippen LogP contribution in [0, 0.1) is 11.7 Å². The number of ether oxygens (including phenoxy) is 1. The molecule has 1 aliphatic heterocycles. The van der Waals surface area contributed by atoms with Gasteiger partial charge in [0.05, 0.1) is 11.1 Å². The molecule has 42 heavy (non-hydrogen) atoms. The number of aromatic nitrogens is 3. The van der Waals surface area contributed by atoms with E-state index in [0.29, 0.717) is 41.7 Å². The first-order valence-electron chi connectivity index (χ1n) is 14.4. The molecule has 1 saturated carbocycles. The molecule has 1 aliphatic carbocycles. The number of aromatic amines is 1. The summed E-state index contributed by atoms with van der Waals surface area (Å²) in [5, 5.41) is 6.92. The van der Waals surface area contributed by atoms with Gasteiger partial charge in [0.2, 0.25) is 11.8 Å². The molecule has 2 aliphatic rings. The number of halogens is 1. The van der Waals surface area contributed by atoms with Crippen LogP contribution in [0.3, 0.4) is 0 Å². The Kier molecular flexibility index (Phi) is 7.85. The summed E-state index contributed by atoms with van der Waals surface area (Å²) in [6.45, 7) is 4.87. The molecule has 2 amide bonds. The van der Waals surface area contributed by atoms with Crippen LogP contribution in [0.15, 0.2) is 67.6 Å². The lowest BCUT2D eigenvalue weighted by molar-refractivity contribution is -0.127. The number of benzene rings is 2. The van der Waals surface area contributed by atoms with E-state index in [1.165, 1.54) is 18.5 Å². The van der Waals surface area contributed by atoms with Crippen molar-refractivity contribution >= 4 is 40.0 Å². The number of fused-ring (bicyclic) bond motifs is 1. The molecule has 3 N–H and O–H groups in total. The van der Waals surface area contributed by atoms with Gasteiger partial charge in [-0.3, -0.25) is 9.59 Å². The Morgan fingerprint density at radius 1 is 1.05 bits per heavy atom. The van der Waals surface area contributed by atoms with E-state index < -0.39 is 5.82 Å². The highest BCUT2D eigenvalue weighted by Gasteiger charge is 2.26. The number of anilines is 3. The smallest absolute Gasteiger partial charge is 0.245 e.